The molecular formula is C17H26N2O4. The van der Waals surface area contributed by atoms with Crippen molar-refractivity contribution in [1.29, 1.82) is 0 Å². The Morgan fingerprint density at radius 2 is 1.78 bits per heavy atom. The Bertz CT molecular complexity index is 547. The predicted molar refractivity (Wildman–Crippen MR) is 89.3 cm³/mol. The molecule has 6 heteroatoms. The third kappa shape index (κ3) is 3.69. The Morgan fingerprint density at radius 1 is 1.17 bits per heavy atom. The largest absolute Gasteiger partial charge is 0.493 e. The fraction of sp³-hybridized carbons (Fsp3) is 0.588. The maximum Gasteiger partial charge on any atom is 0.229 e. The van der Waals surface area contributed by atoms with Gasteiger partial charge in [-0.3, -0.25) is 4.79 Å². The molecule has 1 aromatic rings. The molecule has 0 saturated heterocycles. The molecule has 0 aliphatic heterocycles. The van der Waals surface area contributed by atoms with Crippen molar-refractivity contribution in [3.8, 4) is 17.2 Å². The molecule has 128 valence electrons. The van der Waals surface area contributed by atoms with Gasteiger partial charge in [0, 0.05) is 23.4 Å². The quantitative estimate of drug-likeness (QED) is 0.870. The van der Waals surface area contributed by atoms with Gasteiger partial charge in [-0.25, -0.2) is 0 Å². The van der Waals surface area contributed by atoms with Gasteiger partial charge in [-0.1, -0.05) is 12.8 Å². The molecule has 1 fully saturated rings. The van der Waals surface area contributed by atoms with Gasteiger partial charge in [0.2, 0.25) is 11.7 Å². The van der Waals surface area contributed by atoms with Crippen LogP contribution in [0, 0.1) is 5.92 Å². The molecule has 2 atom stereocenters. The van der Waals surface area contributed by atoms with Crippen LogP contribution in [0.4, 0.5) is 5.69 Å². The van der Waals surface area contributed by atoms with Crippen molar-refractivity contribution < 1.29 is 19.0 Å². The zero-order chi connectivity index (χ0) is 17.0. The lowest BCUT2D eigenvalue weighted by molar-refractivity contribution is -0.122. The number of benzene rings is 1. The topological polar surface area (TPSA) is 82.8 Å². The molecule has 1 aliphatic carbocycles. The summed E-state index contributed by atoms with van der Waals surface area (Å²) < 4.78 is 15.9. The number of methoxy groups -OCH3 is 3. The smallest absolute Gasteiger partial charge is 0.229 e. The van der Waals surface area contributed by atoms with Crippen molar-refractivity contribution in [3.05, 3.63) is 12.1 Å². The highest BCUT2D eigenvalue weighted by Gasteiger charge is 2.37. The molecule has 23 heavy (non-hydrogen) atoms. The van der Waals surface area contributed by atoms with Crippen molar-refractivity contribution in [1.82, 2.24) is 0 Å². The van der Waals surface area contributed by atoms with Crippen LogP contribution in [0.5, 0.6) is 17.2 Å². The first-order chi connectivity index (χ1) is 10.9. The fourth-order valence-electron chi connectivity index (χ4n) is 3.17. The fourth-order valence-corrected chi connectivity index (χ4v) is 3.17. The molecule has 0 spiro atoms. The standard InChI is InChI=1S/C17H26N2O4/c1-17(18)8-6-5-7-12(17)16(20)19-11-9-13(21-2)15(23-4)14(10-11)22-3/h9-10,12H,5-8,18H2,1-4H3,(H,19,20). The average Bonchev–Trinajstić information content (AvgIpc) is 2.53. The van der Waals surface area contributed by atoms with E-state index in [1.165, 1.54) is 0 Å². The number of hydrogen-bond donors (Lipinski definition) is 2. The van der Waals surface area contributed by atoms with Crippen LogP contribution < -0.4 is 25.3 Å². The second kappa shape index (κ2) is 7.08. The zero-order valence-corrected chi connectivity index (χ0v) is 14.3. The number of anilines is 1. The number of rotatable bonds is 5. The van der Waals surface area contributed by atoms with E-state index in [4.69, 9.17) is 19.9 Å². The first-order valence-electron chi connectivity index (χ1n) is 7.82. The van der Waals surface area contributed by atoms with E-state index in [0.717, 1.165) is 25.7 Å². The maximum atomic E-state index is 12.6. The minimum absolute atomic E-state index is 0.0658. The molecular weight excluding hydrogens is 296 g/mol. The average molecular weight is 322 g/mol. The highest BCUT2D eigenvalue weighted by atomic mass is 16.5. The van der Waals surface area contributed by atoms with Crippen molar-refractivity contribution in [3.63, 3.8) is 0 Å². The SMILES string of the molecule is COc1cc(NC(=O)C2CCCCC2(C)N)cc(OC)c1OC. The van der Waals surface area contributed by atoms with Gasteiger partial charge in [-0.15, -0.1) is 0 Å². The van der Waals surface area contributed by atoms with Crippen LogP contribution in [-0.4, -0.2) is 32.8 Å². The third-order valence-corrected chi connectivity index (χ3v) is 4.50. The summed E-state index contributed by atoms with van der Waals surface area (Å²) in [4.78, 5) is 12.6. The van der Waals surface area contributed by atoms with Gasteiger partial charge in [0.15, 0.2) is 11.5 Å². The van der Waals surface area contributed by atoms with E-state index in [1.807, 2.05) is 6.92 Å². The van der Waals surface area contributed by atoms with Crippen molar-refractivity contribution in [2.75, 3.05) is 26.6 Å². The Balaban J connectivity index is 2.24. The van der Waals surface area contributed by atoms with Crippen LogP contribution >= 0.6 is 0 Å². The molecule has 0 bridgehead atoms. The molecule has 2 rings (SSSR count). The Kier molecular flexibility index (Phi) is 5.36. The molecule has 6 nitrogen and oxygen atoms in total. The molecule has 0 radical (unpaired) electrons. The van der Waals surface area contributed by atoms with Gasteiger partial charge in [0.05, 0.1) is 27.2 Å². The van der Waals surface area contributed by atoms with Crippen LogP contribution in [0.2, 0.25) is 0 Å². The van der Waals surface area contributed by atoms with Crippen LogP contribution in [0.1, 0.15) is 32.6 Å². The summed E-state index contributed by atoms with van der Waals surface area (Å²) in [6.07, 6.45) is 3.77. The summed E-state index contributed by atoms with van der Waals surface area (Å²) >= 11 is 0. The Labute approximate surface area is 137 Å². The molecule has 2 unspecified atom stereocenters. The number of hydrogen-bond acceptors (Lipinski definition) is 5. The predicted octanol–water partition coefficient (Wildman–Crippen LogP) is 2.56. The number of ether oxygens (including phenoxy) is 3. The van der Waals surface area contributed by atoms with E-state index in [-0.39, 0.29) is 11.8 Å². The van der Waals surface area contributed by atoms with Crippen molar-refractivity contribution in [2.45, 2.75) is 38.1 Å². The second-order valence-electron chi connectivity index (χ2n) is 6.21. The Hall–Kier alpha value is -1.95. The van der Waals surface area contributed by atoms with E-state index in [0.29, 0.717) is 22.9 Å². The number of nitrogens with one attached hydrogen (secondary N) is 1. The highest BCUT2D eigenvalue weighted by molar-refractivity contribution is 5.94. The van der Waals surface area contributed by atoms with E-state index < -0.39 is 5.54 Å². The molecule has 1 amide bonds. The first-order valence-corrected chi connectivity index (χ1v) is 7.82. The molecule has 0 heterocycles. The number of carbonyl (C=O) groups excluding carboxylic acids is 1. The van der Waals surface area contributed by atoms with E-state index in [9.17, 15) is 4.79 Å². The summed E-state index contributed by atoms with van der Waals surface area (Å²) in [6.45, 7) is 1.95. The second-order valence-corrected chi connectivity index (χ2v) is 6.21. The number of nitrogens with two attached hydrogens (primary N) is 1. The summed E-state index contributed by atoms with van der Waals surface area (Å²) in [5, 5.41) is 2.93. The van der Waals surface area contributed by atoms with Gasteiger partial charge in [-0.05, 0) is 19.8 Å². The minimum atomic E-state index is -0.469. The maximum absolute atomic E-state index is 12.6. The molecule has 1 aliphatic rings. The summed E-state index contributed by atoms with van der Waals surface area (Å²) in [7, 11) is 4.63. The normalized spacial score (nSPS) is 24.0. The lowest BCUT2D eigenvalue weighted by Crippen LogP contribution is -2.51. The van der Waals surface area contributed by atoms with E-state index >= 15 is 0 Å². The van der Waals surface area contributed by atoms with Gasteiger partial charge < -0.3 is 25.3 Å². The van der Waals surface area contributed by atoms with Gasteiger partial charge in [0.1, 0.15) is 0 Å². The van der Waals surface area contributed by atoms with Crippen LogP contribution in [0.15, 0.2) is 12.1 Å². The summed E-state index contributed by atoms with van der Waals surface area (Å²) in [5.74, 6) is 1.23. The molecule has 1 saturated carbocycles. The van der Waals surface area contributed by atoms with Gasteiger partial charge >= 0.3 is 0 Å². The zero-order valence-electron chi connectivity index (χ0n) is 14.3. The van der Waals surface area contributed by atoms with Crippen molar-refractivity contribution >= 4 is 11.6 Å². The number of carbonyl (C=O) groups is 1. The Morgan fingerprint density at radius 3 is 2.26 bits per heavy atom. The van der Waals surface area contributed by atoms with Gasteiger partial charge in [-0.2, -0.15) is 0 Å². The first kappa shape index (κ1) is 17.4. The minimum Gasteiger partial charge on any atom is -0.493 e. The molecule has 0 aromatic heterocycles. The lowest BCUT2D eigenvalue weighted by Gasteiger charge is -2.37. The van der Waals surface area contributed by atoms with Crippen molar-refractivity contribution in [2.24, 2.45) is 11.7 Å². The summed E-state index contributed by atoms with van der Waals surface area (Å²) in [6, 6.07) is 3.44. The van der Waals surface area contributed by atoms with Gasteiger partial charge in [0.25, 0.3) is 0 Å². The molecule has 1 aromatic carbocycles. The number of amides is 1. The monoisotopic (exact) mass is 322 g/mol. The van der Waals surface area contributed by atoms with E-state index in [1.54, 1.807) is 33.5 Å². The van der Waals surface area contributed by atoms with E-state index in [2.05, 4.69) is 5.32 Å². The lowest BCUT2D eigenvalue weighted by atomic mass is 9.74. The third-order valence-electron chi connectivity index (χ3n) is 4.50. The highest BCUT2D eigenvalue weighted by Crippen LogP contribution is 2.40. The van der Waals surface area contributed by atoms with Crippen LogP contribution in [-0.2, 0) is 4.79 Å². The summed E-state index contributed by atoms with van der Waals surface area (Å²) in [5.41, 5.74) is 6.44. The molecule has 3 N–H and O–H groups in total. The van der Waals surface area contributed by atoms with Crippen LogP contribution in [0.3, 0.4) is 0 Å². The van der Waals surface area contributed by atoms with Crippen LogP contribution in [0.25, 0.3) is 0 Å².